The molecule has 0 aromatic carbocycles. The molecular weight excluding hydrogens is 254 g/mol. The molecule has 0 aromatic heterocycles. The first-order valence-corrected chi connectivity index (χ1v) is 8.09. The minimum absolute atomic E-state index is 0.0868. The van der Waals surface area contributed by atoms with Crippen molar-refractivity contribution in [2.24, 2.45) is 0 Å². The van der Waals surface area contributed by atoms with Gasteiger partial charge in [-0.25, -0.2) is 0 Å². The van der Waals surface area contributed by atoms with Crippen LogP contribution in [0.1, 0.15) is 64.2 Å². The van der Waals surface area contributed by atoms with Crippen LogP contribution < -0.4 is 5.32 Å². The van der Waals surface area contributed by atoms with Gasteiger partial charge in [0.15, 0.2) is 0 Å². The average molecular weight is 283 g/mol. The minimum Gasteiger partial charge on any atom is -0.468 e. The Hall–Kier alpha value is -0.610. The second-order valence-electron chi connectivity index (χ2n) is 6.34. The van der Waals surface area contributed by atoms with E-state index in [0.717, 1.165) is 25.7 Å². The van der Waals surface area contributed by atoms with Crippen LogP contribution in [-0.2, 0) is 14.3 Å². The van der Waals surface area contributed by atoms with Gasteiger partial charge in [-0.05, 0) is 38.5 Å². The zero-order chi connectivity index (χ0) is 14.4. The van der Waals surface area contributed by atoms with E-state index in [9.17, 15) is 4.79 Å². The normalized spacial score (nSPS) is 32.6. The second-order valence-corrected chi connectivity index (χ2v) is 6.34. The third-order valence-corrected chi connectivity index (χ3v) is 5.03. The summed E-state index contributed by atoms with van der Waals surface area (Å²) in [6.45, 7) is 0. The third-order valence-electron chi connectivity index (χ3n) is 5.03. The number of ether oxygens (including phenoxy) is 2. The molecule has 2 fully saturated rings. The van der Waals surface area contributed by atoms with Gasteiger partial charge in [-0.1, -0.05) is 25.7 Å². The molecular formula is C16H29NO3. The zero-order valence-corrected chi connectivity index (χ0v) is 13.0. The van der Waals surface area contributed by atoms with Gasteiger partial charge in [-0.15, -0.1) is 0 Å². The highest BCUT2D eigenvalue weighted by Crippen LogP contribution is 2.33. The first kappa shape index (κ1) is 15.8. The summed E-state index contributed by atoms with van der Waals surface area (Å²) < 4.78 is 10.5. The molecule has 4 heteroatoms. The van der Waals surface area contributed by atoms with Crippen molar-refractivity contribution in [2.75, 3.05) is 14.2 Å². The summed E-state index contributed by atoms with van der Waals surface area (Å²) in [7, 11) is 3.26. The van der Waals surface area contributed by atoms with Crippen molar-refractivity contribution in [3.05, 3.63) is 0 Å². The van der Waals surface area contributed by atoms with Crippen molar-refractivity contribution in [1.29, 1.82) is 0 Å². The van der Waals surface area contributed by atoms with Crippen molar-refractivity contribution in [1.82, 2.24) is 5.32 Å². The Balaban J connectivity index is 2.01. The lowest BCUT2D eigenvalue weighted by atomic mass is 9.79. The van der Waals surface area contributed by atoms with Crippen LogP contribution in [-0.4, -0.2) is 37.9 Å². The van der Waals surface area contributed by atoms with Crippen LogP contribution in [0.15, 0.2) is 0 Å². The summed E-state index contributed by atoms with van der Waals surface area (Å²) in [5, 5.41) is 3.68. The molecule has 0 amide bonds. The molecule has 116 valence electrons. The molecule has 2 aliphatic carbocycles. The Morgan fingerprint density at radius 2 is 1.60 bits per heavy atom. The Bertz CT molecular complexity index is 303. The first-order valence-electron chi connectivity index (χ1n) is 8.09. The molecule has 2 aliphatic rings. The molecule has 0 saturated heterocycles. The number of rotatable bonds is 4. The quantitative estimate of drug-likeness (QED) is 0.636. The molecule has 20 heavy (non-hydrogen) atoms. The SMILES string of the molecule is COC(=O)C1(NC2CCCCCC2)CCC(OC)CC1. The Kier molecular flexibility index (Phi) is 5.85. The lowest BCUT2D eigenvalue weighted by molar-refractivity contribution is -0.152. The maximum atomic E-state index is 12.3. The monoisotopic (exact) mass is 283 g/mol. The molecule has 0 spiro atoms. The van der Waals surface area contributed by atoms with Crippen molar-refractivity contribution < 1.29 is 14.3 Å². The van der Waals surface area contributed by atoms with E-state index in [1.165, 1.54) is 45.6 Å². The van der Waals surface area contributed by atoms with Gasteiger partial charge in [0.1, 0.15) is 5.54 Å². The second kappa shape index (κ2) is 7.41. The molecule has 0 radical (unpaired) electrons. The third kappa shape index (κ3) is 3.73. The predicted octanol–water partition coefficient (Wildman–Crippen LogP) is 2.80. The van der Waals surface area contributed by atoms with Crippen molar-refractivity contribution >= 4 is 5.97 Å². The number of esters is 1. The Labute approximate surface area is 122 Å². The summed E-state index contributed by atoms with van der Waals surface area (Å²) in [5.41, 5.74) is -0.473. The molecule has 0 unspecified atom stereocenters. The summed E-state index contributed by atoms with van der Waals surface area (Å²) >= 11 is 0. The van der Waals surface area contributed by atoms with Gasteiger partial charge in [0.2, 0.25) is 0 Å². The van der Waals surface area contributed by atoms with Gasteiger partial charge in [0, 0.05) is 13.2 Å². The molecule has 2 saturated carbocycles. The van der Waals surface area contributed by atoms with Crippen LogP contribution in [0.2, 0.25) is 0 Å². The fourth-order valence-electron chi connectivity index (χ4n) is 3.74. The van der Waals surface area contributed by atoms with Gasteiger partial charge in [-0.3, -0.25) is 10.1 Å². The maximum absolute atomic E-state index is 12.3. The van der Waals surface area contributed by atoms with E-state index in [2.05, 4.69) is 5.32 Å². The molecule has 0 aromatic rings. The van der Waals surface area contributed by atoms with Gasteiger partial charge >= 0.3 is 5.97 Å². The largest absolute Gasteiger partial charge is 0.468 e. The molecule has 0 atom stereocenters. The number of hydrogen-bond donors (Lipinski definition) is 1. The summed E-state index contributed by atoms with van der Waals surface area (Å²) in [4.78, 5) is 12.3. The van der Waals surface area contributed by atoms with E-state index in [0.29, 0.717) is 12.1 Å². The van der Waals surface area contributed by atoms with E-state index in [-0.39, 0.29) is 5.97 Å². The van der Waals surface area contributed by atoms with E-state index in [1.807, 2.05) is 0 Å². The van der Waals surface area contributed by atoms with E-state index < -0.39 is 5.54 Å². The average Bonchev–Trinajstić information content (AvgIpc) is 2.75. The van der Waals surface area contributed by atoms with Crippen LogP contribution in [0.25, 0.3) is 0 Å². The summed E-state index contributed by atoms with van der Waals surface area (Å²) in [6.07, 6.45) is 11.4. The van der Waals surface area contributed by atoms with E-state index in [4.69, 9.17) is 9.47 Å². The Morgan fingerprint density at radius 3 is 2.10 bits per heavy atom. The lowest BCUT2D eigenvalue weighted by Gasteiger charge is -2.40. The van der Waals surface area contributed by atoms with Gasteiger partial charge < -0.3 is 9.47 Å². The van der Waals surface area contributed by atoms with Crippen molar-refractivity contribution in [3.63, 3.8) is 0 Å². The maximum Gasteiger partial charge on any atom is 0.326 e. The fraction of sp³-hybridized carbons (Fsp3) is 0.938. The van der Waals surface area contributed by atoms with Crippen LogP contribution in [0.4, 0.5) is 0 Å². The smallest absolute Gasteiger partial charge is 0.326 e. The molecule has 2 rings (SSSR count). The fourth-order valence-corrected chi connectivity index (χ4v) is 3.74. The highest BCUT2D eigenvalue weighted by Gasteiger charge is 2.44. The van der Waals surface area contributed by atoms with Gasteiger partial charge in [-0.2, -0.15) is 0 Å². The summed E-state index contributed by atoms with van der Waals surface area (Å²) in [5.74, 6) is -0.0868. The predicted molar refractivity (Wildman–Crippen MR) is 78.6 cm³/mol. The Morgan fingerprint density at radius 1 is 1.00 bits per heavy atom. The van der Waals surface area contributed by atoms with Crippen LogP contribution in [0.3, 0.4) is 0 Å². The molecule has 0 heterocycles. The van der Waals surface area contributed by atoms with Crippen LogP contribution in [0.5, 0.6) is 0 Å². The number of hydrogen-bond acceptors (Lipinski definition) is 4. The molecule has 0 aliphatic heterocycles. The molecule has 1 N–H and O–H groups in total. The van der Waals surface area contributed by atoms with E-state index in [1.54, 1.807) is 7.11 Å². The van der Waals surface area contributed by atoms with Gasteiger partial charge in [0.05, 0.1) is 13.2 Å². The number of methoxy groups -OCH3 is 2. The zero-order valence-electron chi connectivity index (χ0n) is 13.0. The summed E-state index contributed by atoms with van der Waals surface area (Å²) in [6, 6.07) is 0.468. The lowest BCUT2D eigenvalue weighted by Crippen LogP contribution is -2.58. The number of carbonyl (C=O) groups excluding carboxylic acids is 1. The standard InChI is InChI=1S/C16H29NO3/c1-19-14-9-11-16(12-10-14,15(18)20-2)17-13-7-5-3-4-6-8-13/h13-14,17H,3-12H2,1-2H3. The highest BCUT2D eigenvalue weighted by atomic mass is 16.5. The molecule has 0 bridgehead atoms. The van der Waals surface area contributed by atoms with Crippen LogP contribution >= 0.6 is 0 Å². The number of nitrogens with one attached hydrogen (secondary N) is 1. The van der Waals surface area contributed by atoms with E-state index >= 15 is 0 Å². The highest BCUT2D eigenvalue weighted by molar-refractivity contribution is 5.81. The van der Waals surface area contributed by atoms with Crippen molar-refractivity contribution in [2.45, 2.75) is 81.9 Å². The molecule has 4 nitrogen and oxygen atoms in total. The topological polar surface area (TPSA) is 47.6 Å². The van der Waals surface area contributed by atoms with Crippen LogP contribution in [0, 0.1) is 0 Å². The number of carbonyl (C=O) groups is 1. The first-order chi connectivity index (χ1) is 9.70. The van der Waals surface area contributed by atoms with Crippen molar-refractivity contribution in [3.8, 4) is 0 Å². The minimum atomic E-state index is -0.473. The van der Waals surface area contributed by atoms with Gasteiger partial charge in [0.25, 0.3) is 0 Å².